The van der Waals surface area contributed by atoms with Crippen LogP contribution < -0.4 is 15.4 Å². The molecule has 0 aliphatic carbocycles. The van der Waals surface area contributed by atoms with E-state index in [0.717, 1.165) is 5.56 Å². The van der Waals surface area contributed by atoms with Crippen molar-refractivity contribution in [3.63, 3.8) is 0 Å². The number of ether oxygens (including phenoxy) is 1. The molecule has 3 rings (SSSR count). The smallest absolute Gasteiger partial charge is 0.266 e. The van der Waals surface area contributed by atoms with Crippen molar-refractivity contribution in [3.8, 4) is 11.8 Å². The third kappa shape index (κ3) is 7.21. The molecule has 0 radical (unpaired) electrons. The second kappa shape index (κ2) is 11.3. The number of amides is 2. The molecule has 3 aromatic rings. The van der Waals surface area contributed by atoms with Crippen LogP contribution in [0.3, 0.4) is 0 Å². The summed E-state index contributed by atoms with van der Waals surface area (Å²) < 4.78 is 6.14. The van der Waals surface area contributed by atoms with Crippen molar-refractivity contribution in [1.82, 2.24) is 0 Å². The number of nitriles is 1. The fourth-order valence-electron chi connectivity index (χ4n) is 2.83. The lowest BCUT2D eigenvalue weighted by molar-refractivity contribution is -0.118. The molecule has 0 aliphatic heterocycles. The van der Waals surface area contributed by atoms with Crippen molar-refractivity contribution in [2.45, 2.75) is 6.92 Å². The number of aryl methyl sites for hydroxylation is 1. The van der Waals surface area contributed by atoms with Crippen molar-refractivity contribution >= 4 is 56.8 Å². The molecule has 3 aromatic carbocycles. The highest BCUT2D eigenvalue weighted by atomic mass is 79.9. The van der Waals surface area contributed by atoms with E-state index in [1.807, 2.05) is 31.2 Å². The number of rotatable bonds is 7. The van der Waals surface area contributed by atoms with Gasteiger partial charge in [0, 0.05) is 16.4 Å². The number of hydrogen-bond donors (Lipinski definition) is 2. The lowest BCUT2D eigenvalue weighted by Gasteiger charge is -2.10. The number of benzene rings is 3. The number of carbonyl (C=O) groups excluding carboxylic acids is 2. The maximum atomic E-state index is 12.5. The first-order valence-corrected chi connectivity index (χ1v) is 11.0. The number of nitrogens with one attached hydrogen (secondary N) is 2. The summed E-state index contributed by atoms with van der Waals surface area (Å²) >= 11 is 9.23. The molecule has 0 aliphatic rings. The van der Waals surface area contributed by atoms with E-state index in [1.165, 1.54) is 6.08 Å². The Balaban J connectivity index is 1.63. The third-order valence-electron chi connectivity index (χ3n) is 4.39. The van der Waals surface area contributed by atoms with Gasteiger partial charge in [0.25, 0.3) is 11.8 Å². The summed E-state index contributed by atoms with van der Waals surface area (Å²) in [6, 6.07) is 21.0. The molecule has 0 heterocycles. The molecule has 33 heavy (non-hydrogen) atoms. The summed E-state index contributed by atoms with van der Waals surface area (Å²) in [4.78, 5) is 24.6. The topological polar surface area (TPSA) is 91.2 Å². The van der Waals surface area contributed by atoms with E-state index in [-0.39, 0.29) is 18.1 Å². The van der Waals surface area contributed by atoms with E-state index in [2.05, 4.69) is 26.6 Å². The summed E-state index contributed by atoms with van der Waals surface area (Å²) in [5.41, 5.74) is 2.80. The zero-order chi connectivity index (χ0) is 23.8. The average Bonchev–Trinajstić information content (AvgIpc) is 2.78. The van der Waals surface area contributed by atoms with Gasteiger partial charge in [-0.15, -0.1) is 0 Å². The van der Waals surface area contributed by atoms with Gasteiger partial charge in [0.15, 0.2) is 6.61 Å². The molecule has 0 fully saturated rings. The minimum atomic E-state index is -0.501. The number of nitrogens with zero attached hydrogens (tertiary/aromatic N) is 1. The van der Waals surface area contributed by atoms with E-state index in [4.69, 9.17) is 16.3 Å². The van der Waals surface area contributed by atoms with Crippen LogP contribution in [0, 0.1) is 18.3 Å². The highest BCUT2D eigenvalue weighted by molar-refractivity contribution is 9.10. The second-order valence-electron chi connectivity index (χ2n) is 7.03. The van der Waals surface area contributed by atoms with Gasteiger partial charge in [0.1, 0.15) is 17.4 Å². The first-order valence-electron chi connectivity index (χ1n) is 9.81. The Morgan fingerprint density at radius 2 is 1.82 bits per heavy atom. The first-order chi connectivity index (χ1) is 15.8. The van der Waals surface area contributed by atoms with E-state index in [9.17, 15) is 14.9 Å². The Morgan fingerprint density at radius 3 is 2.48 bits per heavy atom. The van der Waals surface area contributed by atoms with Crippen LogP contribution in [-0.4, -0.2) is 18.4 Å². The van der Waals surface area contributed by atoms with Crippen LogP contribution in [0.5, 0.6) is 5.75 Å². The molecule has 0 bridgehead atoms. The lowest BCUT2D eigenvalue weighted by Crippen LogP contribution is -2.20. The number of anilines is 2. The SMILES string of the molecule is Cc1cccc(NC(=O)/C(C#N)=C/c2ccc(OCC(=O)Nc3ccc(Cl)cc3)c(Br)c2)c1. The van der Waals surface area contributed by atoms with Gasteiger partial charge in [-0.25, -0.2) is 0 Å². The Kier molecular flexibility index (Phi) is 8.25. The predicted octanol–water partition coefficient (Wildman–Crippen LogP) is 5.97. The zero-order valence-electron chi connectivity index (χ0n) is 17.6. The van der Waals surface area contributed by atoms with Crippen molar-refractivity contribution < 1.29 is 14.3 Å². The molecule has 0 saturated heterocycles. The average molecular weight is 525 g/mol. The van der Waals surface area contributed by atoms with Crippen molar-refractivity contribution in [2.75, 3.05) is 17.2 Å². The van der Waals surface area contributed by atoms with Gasteiger partial charge in [0.2, 0.25) is 0 Å². The van der Waals surface area contributed by atoms with Crippen LogP contribution in [0.25, 0.3) is 6.08 Å². The third-order valence-corrected chi connectivity index (χ3v) is 5.27. The summed E-state index contributed by atoms with van der Waals surface area (Å²) in [5.74, 6) is -0.382. The molecule has 166 valence electrons. The van der Waals surface area contributed by atoms with E-state index in [1.54, 1.807) is 48.5 Å². The molecule has 0 aromatic heterocycles. The lowest BCUT2D eigenvalue weighted by atomic mass is 10.1. The minimum absolute atomic E-state index is 0.0422. The minimum Gasteiger partial charge on any atom is -0.483 e. The first kappa shape index (κ1) is 24.1. The normalized spacial score (nSPS) is 10.8. The van der Waals surface area contributed by atoms with Gasteiger partial charge in [-0.2, -0.15) is 5.26 Å². The predicted molar refractivity (Wildman–Crippen MR) is 133 cm³/mol. The largest absolute Gasteiger partial charge is 0.483 e. The Labute approximate surface area is 205 Å². The summed E-state index contributed by atoms with van der Waals surface area (Å²) in [6.45, 7) is 1.72. The van der Waals surface area contributed by atoms with Crippen molar-refractivity contribution in [1.29, 1.82) is 5.26 Å². The van der Waals surface area contributed by atoms with Crippen LogP contribution >= 0.6 is 27.5 Å². The highest BCUT2D eigenvalue weighted by Gasteiger charge is 2.11. The number of carbonyl (C=O) groups is 2. The maximum Gasteiger partial charge on any atom is 0.266 e. The summed E-state index contributed by atoms with van der Waals surface area (Å²) in [6.07, 6.45) is 1.48. The monoisotopic (exact) mass is 523 g/mol. The maximum absolute atomic E-state index is 12.5. The van der Waals surface area contributed by atoms with Gasteiger partial charge in [-0.05, 0) is 88.6 Å². The Morgan fingerprint density at radius 1 is 1.06 bits per heavy atom. The molecule has 0 atom stereocenters. The number of hydrogen-bond acceptors (Lipinski definition) is 4. The van der Waals surface area contributed by atoms with Crippen molar-refractivity contribution in [2.24, 2.45) is 0 Å². The van der Waals surface area contributed by atoms with E-state index in [0.29, 0.717) is 32.2 Å². The van der Waals surface area contributed by atoms with E-state index < -0.39 is 5.91 Å². The Bertz CT molecular complexity index is 1250. The van der Waals surface area contributed by atoms with E-state index >= 15 is 0 Å². The summed E-state index contributed by atoms with van der Waals surface area (Å²) in [7, 11) is 0. The fourth-order valence-corrected chi connectivity index (χ4v) is 3.47. The molecule has 0 saturated carbocycles. The molecular weight excluding hydrogens is 506 g/mol. The molecule has 2 N–H and O–H groups in total. The highest BCUT2D eigenvalue weighted by Crippen LogP contribution is 2.27. The summed E-state index contributed by atoms with van der Waals surface area (Å²) in [5, 5.41) is 15.4. The van der Waals surface area contributed by atoms with Crippen LogP contribution in [0.15, 0.2) is 76.8 Å². The van der Waals surface area contributed by atoms with Gasteiger partial charge >= 0.3 is 0 Å². The molecule has 2 amide bonds. The molecular formula is C25H19BrClN3O3. The zero-order valence-corrected chi connectivity index (χ0v) is 19.9. The van der Waals surface area contributed by atoms with Gasteiger partial charge in [-0.3, -0.25) is 9.59 Å². The fraction of sp³-hybridized carbons (Fsp3) is 0.0800. The second-order valence-corrected chi connectivity index (χ2v) is 8.32. The van der Waals surface area contributed by atoms with Crippen LogP contribution in [0.2, 0.25) is 5.02 Å². The van der Waals surface area contributed by atoms with Crippen LogP contribution in [0.1, 0.15) is 11.1 Å². The molecule has 6 nitrogen and oxygen atoms in total. The quantitative estimate of drug-likeness (QED) is 0.294. The molecule has 8 heteroatoms. The van der Waals surface area contributed by atoms with Crippen LogP contribution in [0.4, 0.5) is 11.4 Å². The Hall–Kier alpha value is -3.60. The van der Waals surface area contributed by atoms with Crippen LogP contribution in [-0.2, 0) is 9.59 Å². The molecule has 0 unspecified atom stereocenters. The standard InChI is InChI=1S/C25H19BrClN3O3/c1-16-3-2-4-21(11-16)30-25(32)18(14-28)12-17-5-10-23(22(26)13-17)33-15-24(31)29-20-8-6-19(27)7-9-20/h2-13H,15H2,1H3,(H,29,31)(H,30,32)/b18-12+. The van der Waals surface area contributed by atoms with Gasteiger partial charge in [0.05, 0.1) is 4.47 Å². The molecule has 0 spiro atoms. The number of halogens is 2. The van der Waals surface area contributed by atoms with Gasteiger partial charge in [-0.1, -0.05) is 29.8 Å². The van der Waals surface area contributed by atoms with Crippen molar-refractivity contribution in [3.05, 3.63) is 92.9 Å². The van der Waals surface area contributed by atoms with Gasteiger partial charge < -0.3 is 15.4 Å².